The van der Waals surface area contributed by atoms with Gasteiger partial charge in [0.2, 0.25) is 0 Å². The van der Waals surface area contributed by atoms with Crippen LogP contribution in [0.15, 0.2) is 28.7 Å². The molecule has 0 amide bonds. The van der Waals surface area contributed by atoms with Crippen LogP contribution in [0.25, 0.3) is 11.0 Å². The Kier molecular flexibility index (Phi) is 4.98. The van der Waals surface area contributed by atoms with Gasteiger partial charge < -0.3 is 9.73 Å². The largest absolute Gasteiger partial charge is 0.458 e. The summed E-state index contributed by atoms with van der Waals surface area (Å²) in [5.74, 6) is 3.10. The van der Waals surface area contributed by atoms with Crippen LogP contribution in [0.3, 0.4) is 0 Å². The molecule has 0 saturated carbocycles. The average Bonchev–Trinajstić information content (AvgIpc) is 2.80. The SMILES string of the molecule is CCNC(CSCC)c1cc2cccc(Cl)c2o1. The normalized spacial score (nSPS) is 13.1. The van der Waals surface area contributed by atoms with E-state index in [1.165, 1.54) is 0 Å². The van der Waals surface area contributed by atoms with Crippen molar-refractivity contribution in [2.24, 2.45) is 0 Å². The number of furan rings is 1. The van der Waals surface area contributed by atoms with Crippen LogP contribution in [0, 0.1) is 0 Å². The van der Waals surface area contributed by atoms with Gasteiger partial charge in [0.15, 0.2) is 5.58 Å². The van der Waals surface area contributed by atoms with E-state index in [-0.39, 0.29) is 6.04 Å². The Hall–Kier alpha value is -0.640. The molecule has 1 heterocycles. The zero-order valence-corrected chi connectivity index (χ0v) is 12.3. The van der Waals surface area contributed by atoms with Gasteiger partial charge in [0.1, 0.15) is 5.76 Å². The second kappa shape index (κ2) is 6.50. The first-order chi connectivity index (χ1) is 8.76. The second-order valence-electron chi connectivity index (χ2n) is 4.08. The lowest BCUT2D eigenvalue weighted by molar-refractivity contribution is 0.464. The quantitative estimate of drug-likeness (QED) is 0.845. The summed E-state index contributed by atoms with van der Waals surface area (Å²) in [6.45, 7) is 5.21. The van der Waals surface area contributed by atoms with Crippen LogP contribution in [0.1, 0.15) is 25.6 Å². The molecule has 2 aromatic rings. The third-order valence-corrected chi connectivity index (χ3v) is 4.07. The van der Waals surface area contributed by atoms with Crippen LogP contribution in [0.2, 0.25) is 5.02 Å². The first kappa shape index (κ1) is 13.8. The number of rotatable bonds is 6. The second-order valence-corrected chi connectivity index (χ2v) is 5.80. The van der Waals surface area contributed by atoms with E-state index in [0.29, 0.717) is 5.02 Å². The molecular formula is C14H18ClNOS. The van der Waals surface area contributed by atoms with Gasteiger partial charge in [0.25, 0.3) is 0 Å². The van der Waals surface area contributed by atoms with Crippen LogP contribution in [-0.2, 0) is 0 Å². The van der Waals surface area contributed by atoms with Crippen molar-refractivity contribution in [1.82, 2.24) is 5.32 Å². The number of thioether (sulfide) groups is 1. The number of fused-ring (bicyclic) bond motifs is 1. The first-order valence-electron chi connectivity index (χ1n) is 6.25. The summed E-state index contributed by atoms with van der Waals surface area (Å²) >= 11 is 8.05. The van der Waals surface area contributed by atoms with E-state index in [9.17, 15) is 0 Å². The lowest BCUT2D eigenvalue weighted by atomic mass is 10.2. The highest BCUT2D eigenvalue weighted by Crippen LogP contribution is 2.30. The molecule has 0 radical (unpaired) electrons. The maximum absolute atomic E-state index is 6.14. The van der Waals surface area contributed by atoms with E-state index in [0.717, 1.165) is 34.8 Å². The van der Waals surface area contributed by atoms with Crippen molar-refractivity contribution < 1.29 is 4.42 Å². The minimum absolute atomic E-state index is 0.253. The Labute approximate surface area is 117 Å². The predicted octanol–water partition coefficient (Wildman–Crippen LogP) is 4.49. The van der Waals surface area contributed by atoms with Crippen molar-refractivity contribution in [3.8, 4) is 0 Å². The standard InChI is InChI=1S/C14H18ClNOS/c1-3-16-12(9-18-4-2)13-8-10-6-5-7-11(15)14(10)17-13/h5-8,12,16H,3-4,9H2,1-2H3. The van der Waals surface area contributed by atoms with Crippen molar-refractivity contribution in [2.75, 3.05) is 18.1 Å². The van der Waals surface area contributed by atoms with Gasteiger partial charge in [-0.25, -0.2) is 0 Å². The third-order valence-electron chi connectivity index (χ3n) is 2.80. The van der Waals surface area contributed by atoms with E-state index >= 15 is 0 Å². The van der Waals surface area contributed by atoms with Crippen molar-refractivity contribution in [1.29, 1.82) is 0 Å². The Morgan fingerprint density at radius 3 is 2.89 bits per heavy atom. The number of para-hydroxylation sites is 1. The Morgan fingerprint density at radius 2 is 2.22 bits per heavy atom. The predicted molar refractivity (Wildman–Crippen MR) is 80.6 cm³/mol. The molecule has 2 rings (SSSR count). The molecule has 0 aliphatic rings. The average molecular weight is 284 g/mol. The van der Waals surface area contributed by atoms with E-state index in [1.54, 1.807) is 0 Å². The summed E-state index contributed by atoms with van der Waals surface area (Å²) in [6.07, 6.45) is 0. The van der Waals surface area contributed by atoms with Gasteiger partial charge in [0, 0.05) is 11.1 Å². The molecule has 98 valence electrons. The maximum Gasteiger partial charge on any atom is 0.152 e. The van der Waals surface area contributed by atoms with Gasteiger partial charge in [-0.1, -0.05) is 37.6 Å². The van der Waals surface area contributed by atoms with E-state index in [4.69, 9.17) is 16.0 Å². The summed E-state index contributed by atoms with van der Waals surface area (Å²) in [5, 5.41) is 5.21. The molecule has 1 aromatic heterocycles. The third kappa shape index (κ3) is 3.02. The fourth-order valence-corrected chi connectivity index (χ4v) is 2.92. The number of nitrogens with one attached hydrogen (secondary N) is 1. The Balaban J connectivity index is 2.29. The van der Waals surface area contributed by atoms with Gasteiger partial charge in [-0.2, -0.15) is 11.8 Å². The smallest absolute Gasteiger partial charge is 0.152 e. The minimum atomic E-state index is 0.253. The van der Waals surface area contributed by atoms with Gasteiger partial charge >= 0.3 is 0 Å². The summed E-state index contributed by atoms with van der Waals surface area (Å²) in [6, 6.07) is 8.19. The van der Waals surface area contributed by atoms with Gasteiger partial charge in [-0.15, -0.1) is 0 Å². The summed E-state index contributed by atoms with van der Waals surface area (Å²) in [7, 11) is 0. The number of hydrogen-bond donors (Lipinski definition) is 1. The van der Waals surface area contributed by atoms with Crippen LogP contribution < -0.4 is 5.32 Å². The van der Waals surface area contributed by atoms with Crippen molar-refractivity contribution in [2.45, 2.75) is 19.9 Å². The zero-order valence-electron chi connectivity index (χ0n) is 10.7. The van der Waals surface area contributed by atoms with Crippen molar-refractivity contribution in [3.05, 3.63) is 35.0 Å². The molecule has 0 bridgehead atoms. The van der Waals surface area contributed by atoms with Crippen molar-refractivity contribution in [3.63, 3.8) is 0 Å². The van der Waals surface area contributed by atoms with Crippen LogP contribution in [-0.4, -0.2) is 18.1 Å². The van der Waals surface area contributed by atoms with Gasteiger partial charge in [-0.05, 0) is 24.4 Å². The maximum atomic E-state index is 6.14. The van der Waals surface area contributed by atoms with E-state index in [2.05, 4.69) is 25.2 Å². The molecule has 0 saturated heterocycles. The van der Waals surface area contributed by atoms with Crippen LogP contribution >= 0.6 is 23.4 Å². The molecule has 4 heteroatoms. The van der Waals surface area contributed by atoms with Gasteiger partial charge in [0.05, 0.1) is 11.1 Å². The number of benzene rings is 1. The molecule has 2 nitrogen and oxygen atoms in total. The van der Waals surface area contributed by atoms with E-state index < -0.39 is 0 Å². The molecule has 18 heavy (non-hydrogen) atoms. The first-order valence-corrected chi connectivity index (χ1v) is 7.78. The molecular weight excluding hydrogens is 266 g/mol. The molecule has 0 aliphatic heterocycles. The summed E-state index contributed by atoms with van der Waals surface area (Å²) < 4.78 is 5.90. The zero-order chi connectivity index (χ0) is 13.0. The van der Waals surface area contributed by atoms with Crippen molar-refractivity contribution >= 4 is 34.3 Å². The fraction of sp³-hybridized carbons (Fsp3) is 0.429. The van der Waals surface area contributed by atoms with E-state index in [1.807, 2.05) is 30.0 Å². The molecule has 1 atom stereocenters. The lowest BCUT2D eigenvalue weighted by Crippen LogP contribution is -2.22. The highest BCUT2D eigenvalue weighted by atomic mass is 35.5. The minimum Gasteiger partial charge on any atom is -0.458 e. The van der Waals surface area contributed by atoms with Crippen LogP contribution in [0.5, 0.6) is 0 Å². The fourth-order valence-electron chi connectivity index (χ4n) is 1.94. The molecule has 1 unspecified atom stereocenters. The molecule has 0 aliphatic carbocycles. The van der Waals surface area contributed by atoms with Crippen LogP contribution in [0.4, 0.5) is 0 Å². The van der Waals surface area contributed by atoms with Gasteiger partial charge in [-0.3, -0.25) is 0 Å². The molecule has 0 spiro atoms. The highest BCUT2D eigenvalue weighted by Gasteiger charge is 2.16. The monoisotopic (exact) mass is 283 g/mol. The summed E-state index contributed by atoms with van der Waals surface area (Å²) in [5.41, 5.74) is 0.790. The Morgan fingerprint density at radius 1 is 1.39 bits per heavy atom. The Bertz CT molecular complexity index is 511. The lowest BCUT2D eigenvalue weighted by Gasteiger charge is -2.14. The summed E-state index contributed by atoms with van der Waals surface area (Å²) in [4.78, 5) is 0. The number of halogens is 1. The highest BCUT2D eigenvalue weighted by molar-refractivity contribution is 7.99. The number of hydrogen-bond acceptors (Lipinski definition) is 3. The molecule has 1 N–H and O–H groups in total. The molecule has 1 aromatic carbocycles. The topological polar surface area (TPSA) is 25.2 Å². The molecule has 0 fully saturated rings.